The van der Waals surface area contributed by atoms with Gasteiger partial charge >= 0.3 is 0 Å². The van der Waals surface area contributed by atoms with E-state index in [-0.39, 0.29) is 5.91 Å². The first-order valence-electron chi connectivity index (χ1n) is 5.94. The third kappa shape index (κ3) is 6.24. The summed E-state index contributed by atoms with van der Waals surface area (Å²) in [5, 5.41) is 7.00. The highest BCUT2D eigenvalue weighted by molar-refractivity contribution is 6.35. The minimum absolute atomic E-state index is 0.0513. The summed E-state index contributed by atoms with van der Waals surface area (Å²) in [4.78, 5) is 11.6. The predicted octanol–water partition coefficient (Wildman–Crippen LogP) is 3.57. The fraction of sp³-hybridized carbons (Fsp3) is 0.462. The topological polar surface area (TPSA) is 41.1 Å². The second-order valence-electron chi connectivity index (χ2n) is 4.55. The maximum Gasteiger partial charge on any atom is 0.225 e. The molecule has 100 valence electrons. The van der Waals surface area contributed by atoms with Gasteiger partial charge in [-0.25, -0.2) is 0 Å². The summed E-state index contributed by atoms with van der Waals surface area (Å²) in [5.74, 6) is 0.532. The SMILES string of the molecule is CC(C)CNCCC(=O)Nc1cc(Cl)cc(Cl)c1. The number of nitrogens with one attached hydrogen (secondary N) is 2. The van der Waals surface area contributed by atoms with Crippen molar-refractivity contribution in [2.75, 3.05) is 18.4 Å². The highest BCUT2D eigenvalue weighted by Gasteiger charge is 2.04. The third-order valence-electron chi connectivity index (χ3n) is 2.23. The van der Waals surface area contributed by atoms with Crippen molar-refractivity contribution in [1.29, 1.82) is 0 Å². The van der Waals surface area contributed by atoms with Gasteiger partial charge in [-0.05, 0) is 30.7 Å². The second kappa shape index (κ2) is 7.62. The number of halogens is 2. The van der Waals surface area contributed by atoms with E-state index < -0.39 is 0 Å². The van der Waals surface area contributed by atoms with Crippen molar-refractivity contribution in [1.82, 2.24) is 5.32 Å². The van der Waals surface area contributed by atoms with Gasteiger partial charge in [0.25, 0.3) is 0 Å². The van der Waals surface area contributed by atoms with Crippen LogP contribution < -0.4 is 10.6 Å². The molecule has 3 nitrogen and oxygen atoms in total. The Morgan fingerprint density at radius 2 is 1.83 bits per heavy atom. The highest BCUT2D eigenvalue weighted by Crippen LogP contribution is 2.22. The van der Waals surface area contributed by atoms with Gasteiger partial charge in [-0.15, -0.1) is 0 Å². The quantitative estimate of drug-likeness (QED) is 0.786. The van der Waals surface area contributed by atoms with E-state index in [0.29, 0.717) is 34.6 Å². The summed E-state index contributed by atoms with van der Waals surface area (Å²) in [5.41, 5.74) is 0.626. The van der Waals surface area contributed by atoms with Gasteiger partial charge < -0.3 is 10.6 Å². The molecule has 0 aromatic heterocycles. The van der Waals surface area contributed by atoms with E-state index in [1.54, 1.807) is 18.2 Å². The maximum atomic E-state index is 11.6. The number of anilines is 1. The van der Waals surface area contributed by atoms with Crippen molar-refractivity contribution < 1.29 is 4.79 Å². The van der Waals surface area contributed by atoms with E-state index in [4.69, 9.17) is 23.2 Å². The van der Waals surface area contributed by atoms with E-state index in [1.165, 1.54) is 0 Å². The molecule has 1 amide bonds. The van der Waals surface area contributed by atoms with Gasteiger partial charge in [-0.1, -0.05) is 37.0 Å². The second-order valence-corrected chi connectivity index (χ2v) is 5.43. The van der Waals surface area contributed by atoms with Gasteiger partial charge in [0.15, 0.2) is 0 Å². The lowest BCUT2D eigenvalue weighted by atomic mass is 10.2. The van der Waals surface area contributed by atoms with Gasteiger partial charge in [-0.2, -0.15) is 0 Å². The van der Waals surface area contributed by atoms with E-state index in [2.05, 4.69) is 24.5 Å². The van der Waals surface area contributed by atoms with Crippen molar-refractivity contribution in [2.24, 2.45) is 5.92 Å². The molecule has 0 aliphatic rings. The molecule has 1 aromatic rings. The first-order chi connectivity index (χ1) is 8.47. The van der Waals surface area contributed by atoms with Crippen LogP contribution in [0.4, 0.5) is 5.69 Å². The number of benzene rings is 1. The summed E-state index contributed by atoms with van der Waals surface area (Å²) < 4.78 is 0. The monoisotopic (exact) mass is 288 g/mol. The Balaban J connectivity index is 2.35. The van der Waals surface area contributed by atoms with E-state index >= 15 is 0 Å². The van der Waals surface area contributed by atoms with Crippen molar-refractivity contribution in [2.45, 2.75) is 20.3 Å². The molecule has 0 unspecified atom stereocenters. The zero-order valence-electron chi connectivity index (χ0n) is 10.6. The smallest absolute Gasteiger partial charge is 0.225 e. The molecule has 2 N–H and O–H groups in total. The number of rotatable bonds is 6. The Labute approximate surface area is 118 Å². The zero-order chi connectivity index (χ0) is 13.5. The van der Waals surface area contributed by atoms with Gasteiger partial charge in [-0.3, -0.25) is 4.79 Å². The molecule has 0 atom stereocenters. The first kappa shape index (κ1) is 15.3. The average molecular weight is 289 g/mol. The highest BCUT2D eigenvalue weighted by atomic mass is 35.5. The van der Waals surface area contributed by atoms with Crippen LogP contribution in [-0.2, 0) is 4.79 Å². The summed E-state index contributed by atoms with van der Waals surface area (Å²) in [6.45, 7) is 5.83. The number of hydrogen-bond acceptors (Lipinski definition) is 2. The fourth-order valence-corrected chi connectivity index (χ4v) is 1.97. The molecule has 1 aromatic carbocycles. The lowest BCUT2D eigenvalue weighted by molar-refractivity contribution is -0.116. The molecule has 0 saturated carbocycles. The lowest BCUT2D eigenvalue weighted by Crippen LogP contribution is -2.24. The van der Waals surface area contributed by atoms with Gasteiger partial charge in [0.1, 0.15) is 0 Å². The molecule has 1 rings (SSSR count). The molecule has 0 aliphatic heterocycles. The van der Waals surface area contributed by atoms with Crippen molar-refractivity contribution in [3.05, 3.63) is 28.2 Å². The zero-order valence-corrected chi connectivity index (χ0v) is 12.1. The van der Waals surface area contributed by atoms with Gasteiger partial charge in [0.05, 0.1) is 0 Å². The van der Waals surface area contributed by atoms with Crippen LogP contribution in [0.2, 0.25) is 10.0 Å². The molecular weight excluding hydrogens is 271 g/mol. The molecule has 0 bridgehead atoms. The molecule has 0 fully saturated rings. The number of carbonyl (C=O) groups is 1. The van der Waals surface area contributed by atoms with E-state index in [1.807, 2.05) is 0 Å². The third-order valence-corrected chi connectivity index (χ3v) is 2.66. The Bertz CT molecular complexity index is 388. The van der Waals surface area contributed by atoms with Crippen LogP contribution in [0.1, 0.15) is 20.3 Å². The molecular formula is C13H18Cl2N2O. The molecule has 0 spiro atoms. The fourth-order valence-electron chi connectivity index (χ4n) is 1.44. The van der Waals surface area contributed by atoms with Crippen LogP contribution in [0.25, 0.3) is 0 Å². The average Bonchev–Trinajstić information content (AvgIpc) is 2.22. The molecule has 0 aliphatic carbocycles. The Hall–Kier alpha value is -0.770. The van der Waals surface area contributed by atoms with Crippen LogP contribution in [0.3, 0.4) is 0 Å². The molecule has 0 heterocycles. The maximum absolute atomic E-state index is 11.6. The molecule has 0 saturated heterocycles. The van der Waals surface area contributed by atoms with Crippen LogP contribution in [-0.4, -0.2) is 19.0 Å². The Morgan fingerprint density at radius 3 is 2.39 bits per heavy atom. The minimum Gasteiger partial charge on any atom is -0.326 e. The largest absolute Gasteiger partial charge is 0.326 e. The van der Waals surface area contributed by atoms with Crippen LogP contribution in [0.15, 0.2) is 18.2 Å². The number of amides is 1. The molecule has 5 heteroatoms. The van der Waals surface area contributed by atoms with Crippen LogP contribution >= 0.6 is 23.2 Å². The molecule has 0 radical (unpaired) electrons. The van der Waals surface area contributed by atoms with E-state index in [0.717, 1.165) is 6.54 Å². The standard InChI is InChI=1S/C13H18Cl2N2O/c1-9(2)8-16-4-3-13(18)17-12-6-10(14)5-11(15)7-12/h5-7,9,16H,3-4,8H2,1-2H3,(H,17,18). The van der Waals surface area contributed by atoms with Gasteiger partial charge in [0, 0.05) is 28.7 Å². The number of hydrogen-bond donors (Lipinski definition) is 2. The predicted molar refractivity (Wildman–Crippen MR) is 77.4 cm³/mol. The van der Waals surface area contributed by atoms with Crippen molar-refractivity contribution in [3.8, 4) is 0 Å². The first-order valence-corrected chi connectivity index (χ1v) is 6.69. The Morgan fingerprint density at radius 1 is 1.22 bits per heavy atom. The summed E-state index contributed by atoms with van der Waals surface area (Å²) in [7, 11) is 0. The Kier molecular flexibility index (Phi) is 6.47. The summed E-state index contributed by atoms with van der Waals surface area (Å²) >= 11 is 11.7. The van der Waals surface area contributed by atoms with E-state index in [9.17, 15) is 4.79 Å². The summed E-state index contributed by atoms with van der Waals surface area (Å²) in [6.07, 6.45) is 0.427. The van der Waals surface area contributed by atoms with Crippen LogP contribution in [0.5, 0.6) is 0 Å². The van der Waals surface area contributed by atoms with Crippen LogP contribution in [0, 0.1) is 5.92 Å². The normalized spacial score (nSPS) is 10.7. The minimum atomic E-state index is -0.0513. The van der Waals surface area contributed by atoms with Crippen molar-refractivity contribution in [3.63, 3.8) is 0 Å². The van der Waals surface area contributed by atoms with Gasteiger partial charge in [0.2, 0.25) is 5.91 Å². The summed E-state index contributed by atoms with van der Waals surface area (Å²) in [6, 6.07) is 4.97. The number of carbonyl (C=O) groups excluding carboxylic acids is 1. The van der Waals surface area contributed by atoms with Crippen molar-refractivity contribution >= 4 is 34.8 Å². The lowest BCUT2D eigenvalue weighted by Gasteiger charge is -2.08. The molecule has 18 heavy (non-hydrogen) atoms.